The molecule has 0 amide bonds. The van der Waals surface area contributed by atoms with Crippen molar-refractivity contribution in [3.05, 3.63) is 29.8 Å². The van der Waals surface area contributed by atoms with E-state index in [1.54, 1.807) is 53.7 Å². The van der Waals surface area contributed by atoms with Crippen molar-refractivity contribution in [1.29, 1.82) is 0 Å². The molecule has 1 aromatic carbocycles. The van der Waals surface area contributed by atoms with Crippen LogP contribution in [-0.2, 0) is 30.3 Å². The number of carbonyl (C=O) groups excluding carboxylic acids is 2. The second-order valence-electron chi connectivity index (χ2n) is 7.78. The molecule has 26 heavy (non-hydrogen) atoms. The minimum Gasteiger partial charge on any atom is -0.481 e. The molecule has 0 saturated heterocycles. The molecule has 0 unspecified atom stereocenters. The van der Waals surface area contributed by atoms with E-state index in [4.69, 9.17) is 19.3 Å². The van der Waals surface area contributed by atoms with Crippen LogP contribution in [0.25, 0.3) is 0 Å². The number of benzene rings is 1. The second-order valence-corrected chi connectivity index (χ2v) is 7.78. The van der Waals surface area contributed by atoms with Crippen molar-refractivity contribution >= 4 is 17.9 Å². The normalized spacial score (nSPS) is 11.8. The van der Waals surface area contributed by atoms with Gasteiger partial charge in [0.1, 0.15) is 17.0 Å². The standard InChI is InChI=1S/C19H26O7/c1-18(2,3)25-16(22)15(17(23)26-19(4,5)6)24-13-9-7-12(8-10-13)11-14(20)21/h7-10,15H,11H2,1-6H3,(H,20,21). The van der Waals surface area contributed by atoms with E-state index in [-0.39, 0.29) is 12.2 Å². The number of carbonyl (C=O) groups is 3. The molecule has 0 radical (unpaired) electrons. The first-order valence-corrected chi connectivity index (χ1v) is 8.20. The van der Waals surface area contributed by atoms with E-state index < -0.39 is 35.2 Å². The van der Waals surface area contributed by atoms with Gasteiger partial charge in [0, 0.05) is 0 Å². The van der Waals surface area contributed by atoms with Crippen molar-refractivity contribution in [2.45, 2.75) is 65.3 Å². The van der Waals surface area contributed by atoms with Crippen molar-refractivity contribution in [1.82, 2.24) is 0 Å². The minimum atomic E-state index is -1.58. The third-order valence-corrected chi connectivity index (χ3v) is 2.77. The summed E-state index contributed by atoms with van der Waals surface area (Å²) < 4.78 is 16.0. The number of hydrogen-bond acceptors (Lipinski definition) is 6. The van der Waals surface area contributed by atoms with E-state index in [0.717, 1.165) is 0 Å². The van der Waals surface area contributed by atoms with Gasteiger partial charge in [0.25, 0.3) is 6.10 Å². The van der Waals surface area contributed by atoms with Gasteiger partial charge in [-0.25, -0.2) is 9.59 Å². The molecule has 144 valence electrons. The van der Waals surface area contributed by atoms with Crippen LogP contribution < -0.4 is 4.74 Å². The second kappa shape index (κ2) is 8.21. The first kappa shape index (κ1) is 21.5. The lowest BCUT2D eigenvalue weighted by atomic mass is 10.1. The van der Waals surface area contributed by atoms with Crippen LogP contribution in [0.4, 0.5) is 0 Å². The number of carboxylic acids is 1. The van der Waals surface area contributed by atoms with E-state index in [9.17, 15) is 14.4 Å². The van der Waals surface area contributed by atoms with E-state index >= 15 is 0 Å². The molecule has 0 heterocycles. The highest BCUT2D eigenvalue weighted by Crippen LogP contribution is 2.19. The molecule has 0 saturated carbocycles. The molecular weight excluding hydrogens is 340 g/mol. The Bertz CT molecular complexity index is 620. The summed E-state index contributed by atoms with van der Waals surface area (Å²) in [6.07, 6.45) is -1.72. The fourth-order valence-electron chi connectivity index (χ4n) is 1.90. The maximum atomic E-state index is 12.4. The number of ether oxygens (including phenoxy) is 3. The van der Waals surface area contributed by atoms with Gasteiger partial charge in [-0.2, -0.15) is 0 Å². The Labute approximate surface area is 153 Å². The molecule has 7 heteroatoms. The average molecular weight is 366 g/mol. The third-order valence-electron chi connectivity index (χ3n) is 2.77. The zero-order chi connectivity index (χ0) is 20.1. The number of carboxylic acid groups (broad SMARTS) is 1. The van der Waals surface area contributed by atoms with Crippen molar-refractivity contribution < 1.29 is 33.7 Å². The summed E-state index contributed by atoms with van der Waals surface area (Å²) in [6.45, 7) is 10.1. The monoisotopic (exact) mass is 366 g/mol. The number of rotatable bonds is 6. The predicted molar refractivity (Wildman–Crippen MR) is 93.9 cm³/mol. The topological polar surface area (TPSA) is 99.1 Å². The zero-order valence-corrected chi connectivity index (χ0v) is 16.0. The Balaban J connectivity index is 2.99. The first-order valence-electron chi connectivity index (χ1n) is 8.20. The van der Waals surface area contributed by atoms with Crippen molar-refractivity contribution in [2.75, 3.05) is 0 Å². The summed E-state index contributed by atoms with van der Waals surface area (Å²) in [5.74, 6) is -2.46. The van der Waals surface area contributed by atoms with E-state index in [1.807, 2.05) is 0 Å². The molecule has 1 aromatic rings. The van der Waals surface area contributed by atoms with Gasteiger partial charge in [-0.3, -0.25) is 4.79 Å². The Morgan fingerprint density at radius 2 is 1.31 bits per heavy atom. The molecule has 0 fully saturated rings. The fourth-order valence-corrected chi connectivity index (χ4v) is 1.90. The Kier molecular flexibility index (Phi) is 6.78. The minimum absolute atomic E-state index is 0.137. The smallest absolute Gasteiger partial charge is 0.359 e. The van der Waals surface area contributed by atoms with Crippen LogP contribution in [0.1, 0.15) is 47.1 Å². The quantitative estimate of drug-likeness (QED) is 0.610. The maximum Gasteiger partial charge on any atom is 0.359 e. The fraction of sp³-hybridized carbons (Fsp3) is 0.526. The van der Waals surface area contributed by atoms with Crippen LogP contribution in [-0.4, -0.2) is 40.3 Å². The largest absolute Gasteiger partial charge is 0.481 e. The SMILES string of the molecule is CC(C)(C)OC(=O)C(Oc1ccc(CC(=O)O)cc1)C(=O)OC(C)(C)C. The molecular formula is C19H26O7. The van der Waals surface area contributed by atoms with Crippen LogP contribution in [0.5, 0.6) is 5.75 Å². The van der Waals surface area contributed by atoms with Crippen LogP contribution in [0.15, 0.2) is 24.3 Å². The van der Waals surface area contributed by atoms with Gasteiger partial charge in [0.05, 0.1) is 6.42 Å². The molecule has 0 bridgehead atoms. The summed E-state index contributed by atoms with van der Waals surface area (Å²) in [6, 6.07) is 6.06. The van der Waals surface area contributed by atoms with Crippen LogP contribution in [0.3, 0.4) is 0 Å². The number of aliphatic carboxylic acids is 1. The molecule has 0 aliphatic carbocycles. The zero-order valence-electron chi connectivity index (χ0n) is 16.0. The summed E-state index contributed by atoms with van der Waals surface area (Å²) in [5.41, 5.74) is -1.03. The highest BCUT2D eigenvalue weighted by molar-refractivity contribution is 5.98. The van der Waals surface area contributed by atoms with Gasteiger partial charge in [-0.05, 0) is 59.2 Å². The van der Waals surface area contributed by atoms with E-state index in [2.05, 4.69) is 0 Å². The lowest BCUT2D eigenvalue weighted by Crippen LogP contribution is -2.44. The number of esters is 2. The molecule has 0 aromatic heterocycles. The Morgan fingerprint density at radius 3 is 1.65 bits per heavy atom. The summed E-state index contributed by atoms with van der Waals surface area (Å²) in [7, 11) is 0. The van der Waals surface area contributed by atoms with Crippen molar-refractivity contribution in [3.8, 4) is 5.75 Å². The van der Waals surface area contributed by atoms with E-state index in [0.29, 0.717) is 5.56 Å². The molecule has 1 rings (SSSR count). The molecule has 0 aliphatic rings. The first-order chi connectivity index (χ1) is 11.8. The molecule has 1 N–H and O–H groups in total. The average Bonchev–Trinajstić information content (AvgIpc) is 2.41. The van der Waals surface area contributed by atoms with Gasteiger partial charge in [-0.1, -0.05) is 12.1 Å². The summed E-state index contributed by atoms with van der Waals surface area (Å²) in [4.78, 5) is 35.5. The van der Waals surface area contributed by atoms with Gasteiger partial charge < -0.3 is 19.3 Å². The van der Waals surface area contributed by atoms with Gasteiger partial charge >= 0.3 is 17.9 Å². The van der Waals surface area contributed by atoms with Crippen LogP contribution in [0, 0.1) is 0 Å². The lowest BCUT2D eigenvalue weighted by molar-refractivity contribution is -0.179. The molecule has 7 nitrogen and oxygen atoms in total. The van der Waals surface area contributed by atoms with E-state index in [1.165, 1.54) is 12.1 Å². The molecule has 0 atom stereocenters. The van der Waals surface area contributed by atoms with Crippen molar-refractivity contribution in [3.63, 3.8) is 0 Å². The van der Waals surface area contributed by atoms with Gasteiger partial charge in [0.15, 0.2) is 0 Å². The van der Waals surface area contributed by atoms with Gasteiger partial charge in [0.2, 0.25) is 0 Å². The Morgan fingerprint density at radius 1 is 0.885 bits per heavy atom. The Hall–Kier alpha value is -2.57. The van der Waals surface area contributed by atoms with Crippen LogP contribution in [0.2, 0.25) is 0 Å². The lowest BCUT2D eigenvalue weighted by Gasteiger charge is -2.26. The van der Waals surface area contributed by atoms with Gasteiger partial charge in [-0.15, -0.1) is 0 Å². The highest BCUT2D eigenvalue weighted by atomic mass is 16.6. The summed E-state index contributed by atoms with van der Waals surface area (Å²) >= 11 is 0. The number of hydrogen-bond donors (Lipinski definition) is 1. The molecule has 0 aliphatic heterocycles. The molecule has 0 spiro atoms. The maximum absolute atomic E-state index is 12.4. The summed E-state index contributed by atoms with van der Waals surface area (Å²) in [5, 5.41) is 8.79. The predicted octanol–water partition coefficient (Wildman–Crippen LogP) is 2.74. The van der Waals surface area contributed by atoms with Crippen LogP contribution >= 0.6 is 0 Å². The van der Waals surface area contributed by atoms with Crippen molar-refractivity contribution in [2.24, 2.45) is 0 Å². The highest BCUT2D eigenvalue weighted by Gasteiger charge is 2.36. The third kappa shape index (κ3) is 8.00.